The van der Waals surface area contributed by atoms with Gasteiger partial charge in [0.15, 0.2) is 0 Å². The van der Waals surface area contributed by atoms with Gasteiger partial charge >= 0.3 is 0 Å². The Bertz CT molecular complexity index is 509. The highest BCUT2D eigenvalue weighted by Crippen LogP contribution is 2.29. The van der Waals surface area contributed by atoms with Gasteiger partial charge in [0, 0.05) is 49.2 Å². The van der Waals surface area contributed by atoms with Crippen molar-refractivity contribution in [3.63, 3.8) is 0 Å². The van der Waals surface area contributed by atoms with Crippen LogP contribution in [0.25, 0.3) is 11.1 Å². The van der Waals surface area contributed by atoms with Crippen LogP contribution in [-0.2, 0) is 5.88 Å². The molecule has 0 spiro atoms. The minimum absolute atomic E-state index is 0.491. The maximum Gasteiger partial charge on any atom is 0.0489 e. The minimum Gasteiger partial charge on any atom is -0.377 e. The lowest BCUT2D eigenvalue weighted by Crippen LogP contribution is -2.09. The van der Waals surface area contributed by atoms with Gasteiger partial charge in [-0.05, 0) is 17.7 Å². The van der Waals surface area contributed by atoms with Gasteiger partial charge in [0.05, 0.1) is 0 Å². The van der Waals surface area contributed by atoms with Crippen molar-refractivity contribution in [2.45, 2.75) is 5.88 Å². The van der Waals surface area contributed by atoms with E-state index in [1.165, 1.54) is 11.3 Å². The zero-order valence-corrected chi connectivity index (χ0v) is 10.8. The highest BCUT2D eigenvalue weighted by molar-refractivity contribution is 6.17. The van der Waals surface area contributed by atoms with Crippen molar-refractivity contribution in [2.75, 3.05) is 19.0 Å². The van der Waals surface area contributed by atoms with Gasteiger partial charge in [-0.3, -0.25) is 4.98 Å². The summed E-state index contributed by atoms with van der Waals surface area (Å²) in [6.45, 7) is 0. The molecule has 0 unspecified atom stereocenters. The Morgan fingerprint density at radius 2 is 1.94 bits per heavy atom. The minimum atomic E-state index is 0.491. The van der Waals surface area contributed by atoms with Gasteiger partial charge in [0.1, 0.15) is 0 Å². The van der Waals surface area contributed by atoms with Gasteiger partial charge in [-0.25, -0.2) is 0 Å². The van der Waals surface area contributed by atoms with E-state index in [-0.39, 0.29) is 0 Å². The summed E-state index contributed by atoms with van der Waals surface area (Å²) in [5.41, 5.74) is 4.50. The fourth-order valence-electron chi connectivity index (χ4n) is 1.82. The van der Waals surface area contributed by atoms with Gasteiger partial charge in [-0.1, -0.05) is 18.2 Å². The molecule has 1 heterocycles. The molecule has 0 aliphatic carbocycles. The number of hydrogen-bond donors (Lipinski definition) is 0. The first-order chi connectivity index (χ1) is 8.22. The van der Waals surface area contributed by atoms with Crippen LogP contribution in [-0.4, -0.2) is 19.1 Å². The van der Waals surface area contributed by atoms with Crippen molar-refractivity contribution in [3.8, 4) is 11.1 Å². The number of halogens is 1. The lowest BCUT2D eigenvalue weighted by molar-refractivity contribution is 1.13. The van der Waals surface area contributed by atoms with E-state index in [0.717, 1.165) is 11.1 Å². The number of hydrogen-bond acceptors (Lipinski definition) is 2. The number of pyridine rings is 1. The number of rotatable bonds is 3. The third kappa shape index (κ3) is 2.59. The summed E-state index contributed by atoms with van der Waals surface area (Å²) in [6.07, 6.45) is 3.67. The highest BCUT2D eigenvalue weighted by Gasteiger charge is 2.06. The van der Waals surface area contributed by atoms with E-state index in [9.17, 15) is 0 Å². The topological polar surface area (TPSA) is 16.1 Å². The lowest BCUT2D eigenvalue weighted by atomic mass is 10.0. The van der Waals surface area contributed by atoms with Crippen LogP contribution in [0.2, 0.25) is 0 Å². The number of anilines is 1. The molecule has 0 aliphatic heterocycles. The fourth-order valence-corrected chi connectivity index (χ4v) is 1.96. The summed E-state index contributed by atoms with van der Waals surface area (Å²) in [5, 5.41) is 0. The van der Waals surface area contributed by atoms with Crippen molar-refractivity contribution in [1.82, 2.24) is 4.98 Å². The van der Waals surface area contributed by atoms with E-state index >= 15 is 0 Å². The Balaban J connectivity index is 2.52. The van der Waals surface area contributed by atoms with Crippen LogP contribution in [0.4, 0.5) is 5.69 Å². The van der Waals surface area contributed by atoms with E-state index in [2.05, 4.69) is 28.1 Å². The van der Waals surface area contributed by atoms with Crippen molar-refractivity contribution < 1.29 is 0 Å². The Hall–Kier alpha value is -1.54. The summed E-state index contributed by atoms with van der Waals surface area (Å²) in [7, 11) is 4.08. The van der Waals surface area contributed by atoms with Crippen LogP contribution in [0.1, 0.15) is 5.56 Å². The van der Waals surface area contributed by atoms with Crippen LogP contribution < -0.4 is 4.90 Å². The van der Waals surface area contributed by atoms with Crippen LogP contribution in [0, 0.1) is 0 Å². The van der Waals surface area contributed by atoms with Crippen molar-refractivity contribution >= 4 is 17.3 Å². The molecule has 0 bridgehead atoms. The van der Waals surface area contributed by atoms with Crippen LogP contribution in [0.5, 0.6) is 0 Å². The summed E-state index contributed by atoms with van der Waals surface area (Å²) in [6, 6.07) is 10.4. The second-order valence-corrected chi connectivity index (χ2v) is 4.39. The first-order valence-corrected chi connectivity index (χ1v) is 6.02. The van der Waals surface area contributed by atoms with Crippen LogP contribution in [0.15, 0.2) is 42.7 Å². The first-order valence-electron chi connectivity index (χ1n) is 5.49. The Morgan fingerprint density at radius 3 is 2.65 bits per heavy atom. The Labute approximate surface area is 107 Å². The molecular weight excluding hydrogens is 232 g/mol. The molecule has 0 saturated heterocycles. The second-order valence-electron chi connectivity index (χ2n) is 4.13. The molecule has 0 saturated carbocycles. The lowest BCUT2D eigenvalue weighted by Gasteiger charge is -2.17. The summed E-state index contributed by atoms with van der Waals surface area (Å²) in [5.74, 6) is 0.491. The van der Waals surface area contributed by atoms with Gasteiger partial charge in [0.25, 0.3) is 0 Å². The Morgan fingerprint density at radius 1 is 1.18 bits per heavy atom. The highest BCUT2D eigenvalue weighted by atomic mass is 35.5. The number of alkyl halides is 1. The fraction of sp³-hybridized carbons (Fsp3) is 0.214. The molecule has 2 rings (SSSR count). The quantitative estimate of drug-likeness (QED) is 0.770. The first kappa shape index (κ1) is 11.9. The van der Waals surface area contributed by atoms with Gasteiger partial charge in [-0.2, -0.15) is 0 Å². The number of nitrogens with zero attached hydrogens (tertiary/aromatic N) is 2. The SMILES string of the molecule is CN(C)c1ccccc1-c1cncc(CCl)c1. The molecule has 0 N–H and O–H groups in total. The zero-order chi connectivity index (χ0) is 12.3. The van der Waals surface area contributed by atoms with E-state index in [4.69, 9.17) is 11.6 Å². The monoisotopic (exact) mass is 246 g/mol. The molecule has 3 heteroatoms. The molecule has 0 amide bonds. The second kappa shape index (κ2) is 5.19. The largest absolute Gasteiger partial charge is 0.377 e. The molecule has 0 fully saturated rings. The molecule has 0 atom stereocenters. The standard InChI is InChI=1S/C14H15ClN2/c1-17(2)14-6-4-3-5-13(14)12-7-11(8-15)9-16-10-12/h3-7,9-10H,8H2,1-2H3. The molecular formula is C14H15ClN2. The van der Waals surface area contributed by atoms with Crippen molar-refractivity contribution in [3.05, 3.63) is 48.3 Å². The normalized spacial score (nSPS) is 10.3. The zero-order valence-electron chi connectivity index (χ0n) is 10.0. The molecule has 0 radical (unpaired) electrons. The van der Waals surface area contributed by atoms with E-state index in [0.29, 0.717) is 5.88 Å². The van der Waals surface area contributed by atoms with Gasteiger partial charge in [0.2, 0.25) is 0 Å². The third-order valence-corrected chi connectivity index (χ3v) is 2.95. The average molecular weight is 247 g/mol. The van der Waals surface area contributed by atoms with Crippen molar-refractivity contribution in [1.29, 1.82) is 0 Å². The van der Waals surface area contributed by atoms with Crippen molar-refractivity contribution in [2.24, 2.45) is 0 Å². The maximum absolute atomic E-state index is 5.84. The molecule has 0 aliphatic rings. The summed E-state index contributed by atoms with van der Waals surface area (Å²) in [4.78, 5) is 6.33. The van der Waals surface area contributed by atoms with Crippen LogP contribution >= 0.6 is 11.6 Å². The average Bonchev–Trinajstić information content (AvgIpc) is 2.39. The van der Waals surface area contributed by atoms with E-state index < -0.39 is 0 Å². The number of benzene rings is 1. The number of para-hydroxylation sites is 1. The van der Waals surface area contributed by atoms with Crippen LogP contribution in [0.3, 0.4) is 0 Å². The molecule has 17 heavy (non-hydrogen) atoms. The van der Waals surface area contributed by atoms with Gasteiger partial charge in [-0.15, -0.1) is 11.6 Å². The third-order valence-electron chi connectivity index (χ3n) is 2.65. The smallest absolute Gasteiger partial charge is 0.0489 e. The summed E-state index contributed by atoms with van der Waals surface area (Å²) >= 11 is 5.84. The Kier molecular flexibility index (Phi) is 3.64. The van der Waals surface area contributed by atoms with E-state index in [1.54, 1.807) is 6.20 Å². The molecule has 1 aromatic heterocycles. The summed E-state index contributed by atoms with van der Waals surface area (Å²) < 4.78 is 0. The molecule has 2 nitrogen and oxygen atoms in total. The molecule has 1 aromatic carbocycles. The maximum atomic E-state index is 5.84. The number of aromatic nitrogens is 1. The predicted molar refractivity (Wildman–Crippen MR) is 73.6 cm³/mol. The van der Waals surface area contributed by atoms with E-state index in [1.807, 2.05) is 32.4 Å². The van der Waals surface area contributed by atoms with Gasteiger partial charge < -0.3 is 4.90 Å². The predicted octanol–water partition coefficient (Wildman–Crippen LogP) is 3.55. The molecule has 88 valence electrons. The molecule has 2 aromatic rings.